The van der Waals surface area contributed by atoms with Crippen LogP contribution in [-0.4, -0.2) is 42.0 Å². The summed E-state index contributed by atoms with van der Waals surface area (Å²) in [6.45, 7) is -1.59. The molecule has 100 valence electrons. The summed E-state index contributed by atoms with van der Waals surface area (Å²) in [7, 11) is 0. The number of amides is 1. The lowest BCUT2D eigenvalue weighted by Crippen LogP contribution is -2.37. The van der Waals surface area contributed by atoms with Crippen molar-refractivity contribution in [1.82, 2.24) is 4.90 Å². The van der Waals surface area contributed by atoms with Gasteiger partial charge in [-0.2, -0.15) is 0 Å². The minimum atomic E-state index is -2.74. The molecule has 1 aromatic rings. The second kappa shape index (κ2) is 6.75. The van der Waals surface area contributed by atoms with E-state index >= 15 is 0 Å². The van der Waals surface area contributed by atoms with E-state index in [1.807, 2.05) is 0 Å². The summed E-state index contributed by atoms with van der Waals surface area (Å²) in [6.07, 6.45) is -2.74. The molecule has 0 radical (unpaired) electrons. The minimum Gasteiger partial charge on any atom is -0.395 e. The van der Waals surface area contributed by atoms with Crippen LogP contribution in [0.15, 0.2) is 22.7 Å². The largest absolute Gasteiger partial charge is 0.395 e. The average molecular weight is 326 g/mol. The van der Waals surface area contributed by atoms with Crippen molar-refractivity contribution < 1.29 is 23.1 Å². The zero-order chi connectivity index (χ0) is 13.7. The molecule has 18 heavy (non-hydrogen) atoms. The molecule has 0 unspecified atom stereocenters. The summed E-state index contributed by atoms with van der Waals surface area (Å²) in [5.74, 6) is -1.68. The molecule has 1 N–H and O–H groups in total. The highest BCUT2D eigenvalue weighted by Crippen LogP contribution is 2.21. The lowest BCUT2D eigenvalue weighted by atomic mass is 10.2. The van der Waals surface area contributed by atoms with Gasteiger partial charge < -0.3 is 10.0 Å². The van der Waals surface area contributed by atoms with Gasteiger partial charge in [-0.3, -0.25) is 4.79 Å². The van der Waals surface area contributed by atoms with Crippen LogP contribution in [0, 0.1) is 5.82 Å². The lowest BCUT2D eigenvalue weighted by Gasteiger charge is -2.22. The van der Waals surface area contributed by atoms with E-state index in [1.54, 1.807) is 0 Å². The maximum absolute atomic E-state index is 13.5. The van der Waals surface area contributed by atoms with E-state index in [4.69, 9.17) is 5.11 Å². The smallest absolute Gasteiger partial charge is 0.258 e. The first kappa shape index (κ1) is 15.0. The predicted molar refractivity (Wildman–Crippen MR) is 63.1 cm³/mol. The van der Waals surface area contributed by atoms with E-state index in [9.17, 15) is 18.0 Å². The Kier molecular flexibility index (Phi) is 5.61. The van der Waals surface area contributed by atoms with Gasteiger partial charge in [0.05, 0.1) is 18.7 Å². The number of carbonyl (C=O) groups excluding carboxylic acids is 1. The van der Waals surface area contributed by atoms with Crippen molar-refractivity contribution in [2.75, 3.05) is 19.7 Å². The fourth-order valence-corrected chi connectivity index (χ4v) is 1.93. The van der Waals surface area contributed by atoms with Crippen LogP contribution < -0.4 is 0 Å². The monoisotopic (exact) mass is 325 g/mol. The first-order valence-electron chi connectivity index (χ1n) is 5.09. The van der Waals surface area contributed by atoms with Gasteiger partial charge in [-0.15, -0.1) is 0 Å². The van der Waals surface area contributed by atoms with Crippen molar-refractivity contribution in [3.63, 3.8) is 0 Å². The molecule has 0 aliphatic heterocycles. The van der Waals surface area contributed by atoms with Gasteiger partial charge >= 0.3 is 0 Å². The Labute approximate surface area is 110 Å². The predicted octanol–water partition coefficient (Wildman–Crippen LogP) is 2.29. The zero-order valence-corrected chi connectivity index (χ0v) is 10.8. The number of rotatable bonds is 5. The Balaban J connectivity index is 3.01. The van der Waals surface area contributed by atoms with Crippen LogP contribution in [0.5, 0.6) is 0 Å². The van der Waals surface area contributed by atoms with E-state index in [1.165, 1.54) is 12.1 Å². The SMILES string of the molecule is O=C(c1c(F)cccc1Br)N(CCO)CC(F)F. The standard InChI is InChI=1S/C11H11BrF3NO2/c12-7-2-1-3-8(13)10(7)11(18)16(4-5-17)6-9(14)15/h1-3,9,17H,4-6H2. The maximum atomic E-state index is 13.5. The van der Waals surface area contributed by atoms with Gasteiger partial charge in [0.2, 0.25) is 0 Å². The molecule has 0 aliphatic rings. The molecule has 1 aromatic carbocycles. The van der Waals surface area contributed by atoms with Crippen LogP contribution in [0.1, 0.15) is 10.4 Å². The third kappa shape index (κ3) is 3.71. The molecule has 1 rings (SSSR count). The number of halogens is 4. The Morgan fingerprint density at radius 2 is 2.11 bits per heavy atom. The number of carbonyl (C=O) groups is 1. The van der Waals surface area contributed by atoms with Gasteiger partial charge in [0.25, 0.3) is 12.3 Å². The third-order valence-electron chi connectivity index (χ3n) is 2.19. The third-order valence-corrected chi connectivity index (χ3v) is 2.85. The van der Waals surface area contributed by atoms with Crippen molar-refractivity contribution >= 4 is 21.8 Å². The molecule has 7 heteroatoms. The number of alkyl halides is 2. The molecule has 0 atom stereocenters. The second-order valence-corrected chi connectivity index (χ2v) is 4.32. The number of aliphatic hydroxyl groups is 1. The highest BCUT2D eigenvalue weighted by atomic mass is 79.9. The van der Waals surface area contributed by atoms with Crippen LogP contribution in [0.2, 0.25) is 0 Å². The molecule has 0 spiro atoms. The molecule has 0 bridgehead atoms. The van der Waals surface area contributed by atoms with Crippen LogP contribution in [0.3, 0.4) is 0 Å². The quantitative estimate of drug-likeness (QED) is 0.902. The van der Waals surface area contributed by atoms with Gasteiger partial charge in [-0.05, 0) is 28.1 Å². The molecular formula is C11H11BrF3NO2. The second-order valence-electron chi connectivity index (χ2n) is 3.46. The molecule has 0 saturated heterocycles. The molecule has 0 aromatic heterocycles. The molecule has 1 amide bonds. The summed E-state index contributed by atoms with van der Waals surface area (Å²) < 4.78 is 38.3. The van der Waals surface area contributed by atoms with Crippen LogP contribution in [0.25, 0.3) is 0 Å². The summed E-state index contributed by atoms with van der Waals surface area (Å²) in [5, 5.41) is 8.74. The van der Waals surface area contributed by atoms with Gasteiger partial charge in [-0.1, -0.05) is 6.07 Å². The fourth-order valence-electron chi connectivity index (χ4n) is 1.42. The fraction of sp³-hybridized carbons (Fsp3) is 0.364. The summed E-state index contributed by atoms with van der Waals surface area (Å²) in [5.41, 5.74) is -0.313. The van der Waals surface area contributed by atoms with Crippen LogP contribution in [0.4, 0.5) is 13.2 Å². The van der Waals surface area contributed by atoms with E-state index < -0.39 is 31.3 Å². The molecule has 0 heterocycles. The van der Waals surface area contributed by atoms with E-state index in [-0.39, 0.29) is 16.6 Å². The first-order valence-corrected chi connectivity index (χ1v) is 5.89. The highest BCUT2D eigenvalue weighted by molar-refractivity contribution is 9.10. The van der Waals surface area contributed by atoms with Crippen molar-refractivity contribution in [2.45, 2.75) is 6.43 Å². The molecule has 0 saturated carbocycles. The Morgan fingerprint density at radius 3 is 2.61 bits per heavy atom. The lowest BCUT2D eigenvalue weighted by molar-refractivity contribution is 0.0504. The zero-order valence-electron chi connectivity index (χ0n) is 9.25. The van der Waals surface area contributed by atoms with Gasteiger partial charge in [-0.25, -0.2) is 13.2 Å². The topological polar surface area (TPSA) is 40.5 Å². The number of nitrogens with zero attached hydrogens (tertiary/aromatic N) is 1. The molecule has 3 nitrogen and oxygen atoms in total. The van der Waals surface area contributed by atoms with Crippen molar-refractivity contribution in [3.8, 4) is 0 Å². The molecule has 0 fully saturated rings. The minimum absolute atomic E-state index is 0.185. The number of hydrogen-bond acceptors (Lipinski definition) is 2. The van der Waals surface area contributed by atoms with Crippen LogP contribution >= 0.6 is 15.9 Å². The number of aliphatic hydroxyl groups excluding tert-OH is 1. The molecular weight excluding hydrogens is 315 g/mol. The highest BCUT2D eigenvalue weighted by Gasteiger charge is 2.23. The van der Waals surface area contributed by atoms with Crippen LogP contribution in [-0.2, 0) is 0 Å². The Morgan fingerprint density at radius 1 is 1.44 bits per heavy atom. The summed E-state index contributed by atoms with van der Waals surface area (Å²) in [4.78, 5) is 12.6. The Bertz CT molecular complexity index is 408. The first-order chi connectivity index (χ1) is 8.47. The van der Waals surface area contributed by atoms with E-state index in [0.717, 1.165) is 6.07 Å². The van der Waals surface area contributed by atoms with Crippen molar-refractivity contribution in [1.29, 1.82) is 0 Å². The van der Waals surface area contributed by atoms with E-state index in [0.29, 0.717) is 4.90 Å². The summed E-state index contributed by atoms with van der Waals surface area (Å²) in [6, 6.07) is 3.90. The number of benzene rings is 1. The normalized spacial score (nSPS) is 10.8. The van der Waals surface area contributed by atoms with Crippen molar-refractivity contribution in [2.24, 2.45) is 0 Å². The Hall–Kier alpha value is -1.08. The average Bonchev–Trinajstić information content (AvgIpc) is 2.27. The molecule has 0 aliphatic carbocycles. The van der Waals surface area contributed by atoms with E-state index in [2.05, 4.69) is 15.9 Å². The van der Waals surface area contributed by atoms with Gasteiger partial charge in [0, 0.05) is 11.0 Å². The maximum Gasteiger partial charge on any atom is 0.258 e. The number of hydrogen-bond donors (Lipinski definition) is 1. The van der Waals surface area contributed by atoms with Crippen molar-refractivity contribution in [3.05, 3.63) is 34.1 Å². The van der Waals surface area contributed by atoms with Gasteiger partial charge in [0.1, 0.15) is 5.82 Å². The van der Waals surface area contributed by atoms with Gasteiger partial charge in [0.15, 0.2) is 0 Å². The summed E-state index contributed by atoms with van der Waals surface area (Å²) >= 11 is 3.00.